The fourth-order valence-corrected chi connectivity index (χ4v) is 6.74. The summed E-state index contributed by atoms with van der Waals surface area (Å²) in [5.41, 5.74) is 2.60. The van der Waals surface area contributed by atoms with Gasteiger partial charge in [0, 0.05) is 10.6 Å². The van der Waals surface area contributed by atoms with Crippen LogP contribution in [-0.2, 0) is 16.1 Å². The monoisotopic (exact) mass is 658 g/mol. The quantitative estimate of drug-likeness (QED) is 0.217. The van der Waals surface area contributed by atoms with Crippen LogP contribution in [0.3, 0.4) is 0 Å². The second kappa shape index (κ2) is 12.9. The number of thiazole rings is 1. The predicted octanol–water partition coefficient (Wildman–Crippen LogP) is 5.96. The first kappa shape index (κ1) is 30.7. The second-order valence-corrected chi connectivity index (χ2v) is 11.7. The minimum Gasteiger partial charge on any atom is -0.497 e. The van der Waals surface area contributed by atoms with Crippen molar-refractivity contribution < 1.29 is 23.7 Å². The molecule has 12 heteroatoms. The summed E-state index contributed by atoms with van der Waals surface area (Å²) in [6, 6.07) is 15.0. The maximum atomic E-state index is 13.9. The van der Waals surface area contributed by atoms with E-state index in [1.165, 1.54) is 23.0 Å². The molecule has 0 saturated carbocycles. The zero-order valence-electron chi connectivity index (χ0n) is 23.4. The number of ether oxygens (including phenoxy) is 4. The highest BCUT2D eigenvalue weighted by molar-refractivity contribution is 7.07. The molecular formula is C31H25Cl3N2O6S. The number of carbonyl (C=O) groups is 1. The van der Waals surface area contributed by atoms with Crippen LogP contribution in [0.4, 0.5) is 0 Å². The van der Waals surface area contributed by atoms with Gasteiger partial charge in [-0.05, 0) is 60.5 Å². The predicted molar refractivity (Wildman–Crippen MR) is 168 cm³/mol. The van der Waals surface area contributed by atoms with Gasteiger partial charge in [0.25, 0.3) is 5.56 Å². The van der Waals surface area contributed by atoms with Gasteiger partial charge in [-0.3, -0.25) is 9.36 Å². The first-order valence-corrected chi connectivity index (χ1v) is 14.8. The molecule has 4 aromatic rings. The van der Waals surface area contributed by atoms with Crippen molar-refractivity contribution in [3.8, 4) is 17.2 Å². The number of methoxy groups -OCH3 is 3. The van der Waals surface area contributed by atoms with Crippen molar-refractivity contribution in [2.75, 3.05) is 21.3 Å². The van der Waals surface area contributed by atoms with Gasteiger partial charge in [-0.25, -0.2) is 9.79 Å². The smallest absolute Gasteiger partial charge is 0.338 e. The Balaban J connectivity index is 1.57. The van der Waals surface area contributed by atoms with E-state index >= 15 is 0 Å². The molecule has 0 bridgehead atoms. The fraction of sp³-hybridized carbons (Fsp3) is 0.194. The van der Waals surface area contributed by atoms with Crippen molar-refractivity contribution in [2.24, 2.45) is 4.99 Å². The lowest BCUT2D eigenvalue weighted by Crippen LogP contribution is -2.39. The van der Waals surface area contributed by atoms with Crippen molar-refractivity contribution >= 4 is 58.2 Å². The van der Waals surface area contributed by atoms with Crippen LogP contribution < -0.4 is 29.1 Å². The molecule has 0 spiro atoms. The van der Waals surface area contributed by atoms with Crippen LogP contribution in [-0.4, -0.2) is 31.9 Å². The van der Waals surface area contributed by atoms with Crippen LogP contribution in [0.25, 0.3) is 6.08 Å². The summed E-state index contributed by atoms with van der Waals surface area (Å²) in [5, 5.41) is 0.954. The molecule has 5 rings (SSSR count). The van der Waals surface area contributed by atoms with Crippen molar-refractivity contribution in [2.45, 2.75) is 19.6 Å². The summed E-state index contributed by atoms with van der Waals surface area (Å²) in [5.74, 6) is 0.967. The van der Waals surface area contributed by atoms with Crippen LogP contribution in [0.1, 0.15) is 29.7 Å². The molecule has 3 aromatic carbocycles. The normalized spacial score (nSPS) is 14.7. The Bertz CT molecular complexity index is 1910. The van der Waals surface area contributed by atoms with Gasteiger partial charge in [-0.2, -0.15) is 0 Å². The van der Waals surface area contributed by atoms with Gasteiger partial charge in [-0.1, -0.05) is 64.3 Å². The lowest BCUT2D eigenvalue weighted by molar-refractivity contribution is -0.136. The molecule has 0 radical (unpaired) electrons. The molecule has 0 saturated heterocycles. The van der Waals surface area contributed by atoms with Crippen LogP contribution >= 0.6 is 46.1 Å². The highest BCUT2D eigenvalue weighted by Gasteiger charge is 2.33. The van der Waals surface area contributed by atoms with Gasteiger partial charge in [0.15, 0.2) is 10.6 Å². The first-order valence-electron chi connectivity index (χ1n) is 12.8. The number of rotatable bonds is 8. The molecule has 1 atom stereocenters. The number of hydrogen-bond donors (Lipinski definition) is 0. The summed E-state index contributed by atoms with van der Waals surface area (Å²) >= 11 is 19.8. The number of fused-ring (bicyclic) bond motifs is 1. The van der Waals surface area contributed by atoms with Gasteiger partial charge in [0.1, 0.15) is 18.1 Å². The van der Waals surface area contributed by atoms with Crippen molar-refractivity contribution in [3.05, 3.63) is 117 Å². The number of allylic oxidation sites excluding steroid dienone is 1. The number of benzene rings is 3. The maximum Gasteiger partial charge on any atom is 0.338 e. The summed E-state index contributed by atoms with van der Waals surface area (Å²) < 4.78 is 23.8. The van der Waals surface area contributed by atoms with Gasteiger partial charge in [-0.15, -0.1) is 0 Å². The number of carbonyl (C=O) groups excluding carboxylic acids is 1. The lowest BCUT2D eigenvalue weighted by Gasteiger charge is -2.24. The molecule has 0 N–H and O–H groups in total. The molecule has 222 valence electrons. The Labute approximate surface area is 266 Å². The molecule has 1 aliphatic rings. The van der Waals surface area contributed by atoms with E-state index in [1.807, 2.05) is 24.3 Å². The minimum atomic E-state index is -0.731. The van der Waals surface area contributed by atoms with Gasteiger partial charge >= 0.3 is 5.97 Å². The fourth-order valence-electron chi connectivity index (χ4n) is 4.76. The Morgan fingerprint density at radius 1 is 1.00 bits per heavy atom. The molecule has 0 aliphatic carbocycles. The van der Waals surface area contributed by atoms with Crippen molar-refractivity contribution in [1.29, 1.82) is 0 Å². The van der Waals surface area contributed by atoms with E-state index in [1.54, 1.807) is 57.6 Å². The Morgan fingerprint density at radius 3 is 2.33 bits per heavy atom. The van der Waals surface area contributed by atoms with E-state index in [-0.39, 0.29) is 27.8 Å². The zero-order valence-corrected chi connectivity index (χ0v) is 26.5. The molecule has 1 aliphatic heterocycles. The van der Waals surface area contributed by atoms with Crippen LogP contribution in [0.15, 0.2) is 75.7 Å². The number of halogens is 3. The maximum absolute atomic E-state index is 13.9. The molecule has 0 unspecified atom stereocenters. The van der Waals surface area contributed by atoms with Gasteiger partial charge in [0.05, 0.1) is 53.2 Å². The van der Waals surface area contributed by atoms with E-state index in [4.69, 9.17) is 53.8 Å². The zero-order chi connectivity index (χ0) is 30.8. The molecule has 1 aromatic heterocycles. The van der Waals surface area contributed by atoms with Crippen LogP contribution in [0, 0.1) is 0 Å². The van der Waals surface area contributed by atoms with E-state index in [0.29, 0.717) is 48.4 Å². The van der Waals surface area contributed by atoms with Gasteiger partial charge in [0.2, 0.25) is 0 Å². The Kier molecular flexibility index (Phi) is 9.17. The molecule has 2 heterocycles. The van der Waals surface area contributed by atoms with E-state index in [0.717, 1.165) is 5.56 Å². The van der Waals surface area contributed by atoms with Crippen molar-refractivity contribution in [1.82, 2.24) is 4.57 Å². The standard InChI is InChI=1S/C31H25Cl3N2O6S/c1-16-26(30(38)41-4)27(18-6-8-21(39-2)9-7-18)36-29(37)25(43-31(36)35-16)12-17-5-10-24(40-3)19(11-17)15-42-28-22(33)13-20(32)14-23(28)34/h5-14,27H,15H2,1-4H3/t27-/m0/s1. The topological polar surface area (TPSA) is 88.4 Å². The average molecular weight is 660 g/mol. The van der Waals surface area contributed by atoms with Crippen LogP contribution in [0.5, 0.6) is 17.2 Å². The summed E-state index contributed by atoms with van der Waals surface area (Å²) in [7, 11) is 4.43. The minimum absolute atomic E-state index is 0.0896. The number of esters is 1. The van der Waals surface area contributed by atoms with Gasteiger partial charge < -0.3 is 18.9 Å². The highest BCUT2D eigenvalue weighted by Crippen LogP contribution is 2.37. The third-order valence-corrected chi connectivity index (χ3v) is 8.56. The summed E-state index contributed by atoms with van der Waals surface area (Å²) in [6.07, 6.45) is 1.76. The average Bonchev–Trinajstić information content (AvgIpc) is 3.29. The largest absolute Gasteiger partial charge is 0.497 e. The van der Waals surface area contributed by atoms with E-state index in [2.05, 4.69) is 4.99 Å². The summed E-state index contributed by atoms with van der Waals surface area (Å²) in [6.45, 7) is 1.82. The highest BCUT2D eigenvalue weighted by atomic mass is 35.5. The van der Waals surface area contributed by atoms with Crippen molar-refractivity contribution in [3.63, 3.8) is 0 Å². The number of hydrogen-bond acceptors (Lipinski definition) is 8. The third-order valence-electron chi connectivity index (χ3n) is 6.80. The van der Waals surface area contributed by atoms with E-state index in [9.17, 15) is 9.59 Å². The Morgan fingerprint density at radius 2 is 1.70 bits per heavy atom. The lowest BCUT2D eigenvalue weighted by atomic mass is 9.96. The molecule has 0 fully saturated rings. The number of aromatic nitrogens is 1. The van der Waals surface area contributed by atoms with Crippen LogP contribution in [0.2, 0.25) is 15.1 Å². The second-order valence-electron chi connectivity index (χ2n) is 9.41. The Hall–Kier alpha value is -3.76. The molecule has 8 nitrogen and oxygen atoms in total. The third kappa shape index (κ3) is 6.17. The molecular weight excluding hydrogens is 635 g/mol. The SMILES string of the molecule is COC(=O)C1=C(C)N=c2sc(=Cc3ccc(OC)c(COc4c(Cl)cc(Cl)cc4Cl)c3)c(=O)n2[C@H]1c1ccc(OC)cc1. The first-order chi connectivity index (χ1) is 20.6. The number of nitrogens with zero attached hydrogens (tertiary/aromatic N) is 2. The molecule has 0 amide bonds. The summed E-state index contributed by atoms with van der Waals surface area (Å²) in [4.78, 5) is 31.9. The molecule has 43 heavy (non-hydrogen) atoms. The van der Waals surface area contributed by atoms with E-state index < -0.39 is 12.0 Å².